The number of aromatic nitrogens is 1. The standard InChI is InChI=1S/C18H19N3/c1-13-10-18(16-4-2-3-5-17(16)21-13)20-12-15-8-6-14(11-19)7-9-15/h6-10H,2-5,12H2,1H3,(H,20,21). The lowest BCUT2D eigenvalue weighted by atomic mass is 9.94. The maximum atomic E-state index is 8.83. The summed E-state index contributed by atoms with van der Waals surface area (Å²) in [4.78, 5) is 4.68. The van der Waals surface area contributed by atoms with Crippen LogP contribution in [-0.4, -0.2) is 4.98 Å². The van der Waals surface area contributed by atoms with Gasteiger partial charge in [0.1, 0.15) is 0 Å². The number of aryl methyl sites for hydroxylation is 2. The molecular weight excluding hydrogens is 258 g/mol. The lowest BCUT2D eigenvalue weighted by molar-refractivity contribution is 0.666. The van der Waals surface area contributed by atoms with Crippen molar-refractivity contribution in [2.75, 3.05) is 5.32 Å². The molecule has 1 heterocycles. The molecule has 0 bridgehead atoms. The number of nitrogens with zero attached hydrogens (tertiary/aromatic N) is 2. The Morgan fingerprint density at radius 3 is 2.71 bits per heavy atom. The van der Waals surface area contributed by atoms with Gasteiger partial charge in [-0.2, -0.15) is 5.26 Å². The fourth-order valence-corrected chi connectivity index (χ4v) is 2.90. The minimum atomic E-state index is 0.705. The van der Waals surface area contributed by atoms with Crippen LogP contribution in [0.5, 0.6) is 0 Å². The van der Waals surface area contributed by atoms with Gasteiger partial charge in [-0.3, -0.25) is 4.98 Å². The Balaban J connectivity index is 1.78. The highest BCUT2D eigenvalue weighted by Crippen LogP contribution is 2.27. The molecule has 0 radical (unpaired) electrons. The molecule has 2 aromatic rings. The minimum Gasteiger partial charge on any atom is -0.381 e. The van der Waals surface area contributed by atoms with Crippen molar-refractivity contribution in [3.8, 4) is 6.07 Å². The summed E-state index contributed by atoms with van der Waals surface area (Å²) >= 11 is 0. The number of pyridine rings is 1. The Labute approximate surface area is 125 Å². The number of nitrogens with one attached hydrogen (secondary N) is 1. The van der Waals surface area contributed by atoms with Crippen molar-refractivity contribution >= 4 is 5.69 Å². The first kappa shape index (κ1) is 13.6. The highest BCUT2D eigenvalue weighted by Gasteiger charge is 2.15. The molecule has 1 aromatic heterocycles. The van der Waals surface area contributed by atoms with Crippen LogP contribution in [0.1, 0.15) is 40.9 Å². The number of benzene rings is 1. The van der Waals surface area contributed by atoms with Crippen LogP contribution in [-0.2, 0) is 19.4 Å². The van der Waals surface area contributed by atoms with Crippen molar-refractivity contribution < 1.29 is 0 Å². The van der Waals surface area contributed by atoms with E-state index >= 15 is 0 Å². The molecule has 1 aliphatic rings. The Hall–Kier alpha value is -2.34. The van der Waals surface area contributed by atoms with Gasteiger partial charge < -0.3 is 5.32 Å². The minimum absolute atomic E-state index is 0.705. The van der Waals surface area contributed by atoms with E-state index in [2.05, 4.69) is 29.4 Å². The first-order chi connectivity index (χ1) is 10.3. The largest absolute Gasteiger partial charge is 0.381 e. The van der Waals surface area contributed by atoms with E-state index in [0.717, 1.165) is 25.1 Å². The molecule has 0 fully saturated rings. The van der Waals surface area contributed by atoms with Crippen molar-refractivity contribution in [3.63, 3.8) is 0 Å². The Bertz CT molecular complexity index is 681. The average Bonchev–Trinajstić information content (AvgIpc) is 2.53. The predicted molar refractivity (Wildman–Crippen MR) is 84.1 cm³/mol. The van der Waals surface area contributed by atoms with Gasteiger partial charge in [-0.1, -0.05) is 12.1 Å². The lowest BCUT2D eigenvalue weighted by Gasteiger charge is -2.20. The van der Waals surface area contributed by atoms with Gasteiger partial charge in [-0.25, -0.2) is 0 Å². The summed E-state index contributed by atoms with van der Waals surface area (Å²) in [5, 5.41) is 12.4. The van der Waals surface area contributed by atoms with Crippen LogP contribution in [0, 0.1) is 18.3 Å². The molecule has 0 atom stereocenters. The van der Waals surface area contributed by atoms with Crippen molar-refractivity contribution in [2.45, 2.75) is 39.2 Å². The fraction of sp³-hybridized carbons (Fsp3) is 0.333. The summed E-state index contributed by atoms with van der Waals surface area (Å²) in [6.45, 7) is 2.84. The van der Waals surface area contributed by atoms with Crippen LogP contribution in [0.2, 0.25) is 0 Å². The van der Waals surface area contributed by atoms with Gasteiger partial charge in [0.15, 0.2) is 0 Å². The van der Waals surface area contributed by atoms with E-state index in [0.29, 0.717) is 5.56 Å². The van der Waals surface area contributed by atoms with E-state index < -0.39 is 0 Å². The Kier molecular flexibility index (Phi) is 3.87. The van der Waals surface area contributed by atoms with Crippen molar-refractivity contribution in [1.82, 2.24) is 4.98 Å². The summed E-state index contributed by atoms with van der Waals surface area (Å²) in [6, 6.07) is 12.0. The van der Waals surface area contributed by atoms with Crippen LogP contribution >= 0.6 is 0 Å². The molecule has 21 heavy (non-hydrogen) atoms. The van der Waals surface area contributed by atoms with Crippen molar-refractivity contribution in [3.05, 3.63) is 58.4 Å². The fourth-order valence-electron chi connectivity index (χ4n) is 2.90. The molecule has 3 nitrogen and oxygen atoms in total. The number of nitriles is 1. The number of fused-ring (bicyclic) bond motifs is 1. The topological polar surface area (TPSA) is 48.7 Å². The maximum absolute atomic E-state index is 8.83. The van der Waals surface area contributed by atoms with E-state index in [1.54, 1.807) is 0 Å². The number of rotatable bonds is 3. The summed E-state index contributed by atoms with van der Waals surface area (Å²) < 4.78 is 0. The molecule has 1 N–H and O–H groups in total. The molecule has 0 saturated heterocycles. The summed E-state index contributed by atoms with van der Waals surface area (Å²) in [6.07, 6.45) is 4.72. The van der Waals surface area contributed by atoms with E-state index in [9.17, 15) is 0 Å². The van der Waals surface area contributed by atoms with Gasteiger partial charge in [-0.05, 0) is 61.9 Å². The zero-order chi connectivity index (χ0) is 14.7. The van der Waals surface area contributed by atoms with E-state index in [1.807, 2.05) is 24.3 Å². The quantitative estimate of drug-likeness (QED) is 0.929. The molecule has 0 amide bonds. The first-order valence-electron chi connectivity index (χ1n) is 7.48. The molecule has 3 rings (SSSR count). The smallest absolute Gasteiger partial charge is 0.0991 e. The third-order valence-corrected chi connectivity index (χ3v) is 3.99. The molecule has 1 aromatic carbocycles. The molecule has 1 aliphatic carbocycles. The molecule has 0 unspecified atom stereocenters. The monoisotopic (exact) mass is 277 g/mol. The van der Waals surface area contributed by atoms with Crippen molar-refractivity contribution in [2.24, 2.45) is 0 Å². The molecule has 0 aliphatic heterocycles. The van der Waals surface area contributed by atoms with Gasteiger partial charge in [0.05, 0.1) is 11.6 Å². The van der Waals surface area contributed by atoms with Gasteiger partial charge in [0, 0.05) is 23.6 Å². The highest BCUT2D eigenvalue weighted by molar-refractivity contribution is 5.55. The second kappa shape index (κ2) is 5.97. The van der Waals surface area contributed by atoms with Gasteiger partial charge in [0.2, 0.25) is 0 Å². The van der Waals surface area contributed by atoms with Crippen LogP contribution in [0.25, 0.3) is 0 Å². The highest BCUT2D eigenvalue weighted by atomic mass is 14.9. The van der Waals surface area contributed by atoms with Crippen LogP contribution in [0.4, 0.5) is 5.69 Å². The van der Waals surface area contributed by atoms with Crippen molar-refractivity contribution in [1.29, 1.82) is 5.26 Å². The molecule has 0 spiro atoms. The normalized spacial score (nSPS) is 13.3. The first-order valence-corrected chi connectivity index (χ1v) is 7.48. The van der Waals surface area contributed by atoms with Gasteiger partial charge in [0.25, 0.3) is 0 Å². The van der Waals surface area contributed by atoms with Crippen LogP contribution < -0.4 is 5.32 Å². The van der Waals surface area contributed by atoms with Gasteiger partial charge >= 0.3 is 0 Å². The lowest BCUT2D eigenvalue weighted by Crippen LogP contribution is -2.11. The third kappa shape index (κ3) is 3.05. The number of anilines is 1. The SMILES string of the molecule is Cc1cc(NCc2ccc(C#N)cc2)c2c(n1)CCCC2. The maximum Gasteiger partial charge on any atom is 0.0991 e. The molecule has 0 saturated carbocycles. The van der Waals surface area contributed by atoms with E-state index in [4.69, 9.17) is 5.26 Å². The van der Waals surface area contributed by atoms with Crippen LogP contribution in [0.3, 0.4) is 0 Å². The molecule has 3 heteroatoms. The summed E-state index contributed by atoms with van der Waals surface area (Å²) in [5.41, 5.74) is 6.85. The Morgan fingerprint density at radius 2 is 1.95 bits per heavy atom. The predicted octanol–water partition coefficient (Wildman–Crippen LogP) is 3.75. The Morgan fingerprint density at radius 1 is 1.19 bits per heavy atom. The van der Waals surface area contributed by atoms with E-state index in [-0.39, 0.29) is 0 Å². The van der Waals surface area contributed by atoms with Crippen LogP contribution in [0.15, 0.2) is 30.3 Å². The summed E-state index contributed by atoms with van der Waals surface area (Å²) in [7, 11) is 0. The second-order valence-electron chi connectivity index (χ2n) is 5.61. The summed E-state index contributed by atoms with van der Waals surface area (Å²) in [5.74, 6) is 0. The van der Waals surface area contributed by atoms with Gasteiger partial charge in [-0.15, -0.1) is 0 Å². The van der Waals surface area contributed by atoms with E-state index in [1.165, 1.54) is 35.3 Å². The second-order valence-corrected chi connectivity index (χ2v) is 5.61. The number of hydrogen-bond acceptors (Lipinski definition) is 3. The number of hydrogen-bond donors (Lipinski definition) is 1. The zero-order valence-corrected chi connectivity index (χ0v) is 12.3. The average molecular weight is 277 g/mol. The molecule has 106 valence electrons. The molecular formula is C18H19N3. The third-order valence-electron chi connectivity index (χ3n) is 3.99. The zero-order valence-electron chi connectivity index (χ0n) is 12.3.